The van der Waals surface area contributed by atoms with Gasteiger partial charge in [-0.25, -0.2) is 0 Å². The normalized spacial score (nSPS) is 44.3. The van der Waals surface area contributed by atoms with E-state index in [4.69, 9.17) is 4.74 Å². The van der Waals surface area contributed by atoms with Crippen LogP contribution in [-0.2, 0) is 14.3 Å². The molecule has 112 valence electrons. The van der Waals surface area contributed by atoms with Gasteiger partial charge in [-0.1, -0.05) is 26.7 Å². The zero-order valence-electron chi connectivity index (χ0n) is 12.7. The van der Waals surface area contributed by atoms with Crippen molar-refractivity contribution >= 4 is 11.6 Å². The van der Waals surface area contributed by atoms with Crippen LogP contribution < -0.4 is 0 Å². The summed E-state index contributed by atoms with van der Waals surface area (Å²) in [6.45, 7) is 4.47. The summed E-state index contributed by atoms with van der Waals surface area (Å²) in [5.74, 6) is 1.21. The van der Waals surface area contributed by atoms with E-state index in [-0.39, 0.29) is 35.6 Å². The molecule has 4 aliphatic rings. The maximum Gasteiger partial charge on any atom is 0.159 e. The van der Waals surface area contributed by atoms with Crippen molar-refractivity contribution in [1.82, 2.24) is 0 Å². The van der Waals surface area contributed by atoms with E-state index in [1.807, 2.05) is 0 Å². The van der Waals surface area contributed by atoms with Crippen LogP contribution in [-0.4, -0.2) is 23.8 Å². The summed E-state index contributed by atoms with van der Waals surface area (Å²) >= 11 is 0. The topological polar surface area (TPSA) is 43.4 Å². The number of fused-ring (bicyclic) bond motifs is 5. The number of hydrogen-bond acceptors (Lipinski definition) is 3. The van der Waals surface area contributed by atoms with E-state index in [9.17, 15) is 9.59 Å². The maximum absolute atomic E-state index is 12.1. The minimum Gasteiger partial charge on any atom is -0.366 e. The molecule has 0 N–H and O–H groups in total. The first-order valence-corrected chi connectivity index (χ1v) is 8.28. The van der Waals surface area contributed by atoms with Crippen LogP contribution in [0.2, 0.25) is 0 Å². The zero-order valence-corrected chi connectivity index (χ0v) is 12.7. The van der Waals surface area contributed by atoms with Crippen LogP contribution in [0, 0.1) is 23.7 Å². The lowest BCUT2D eigenvalue weighted by Crippen LogP contribution is -2.40. The number of ether oxygens (including phenoxy) is 1. The summed E-state index contributed by atoms with van der Waals surface area (Å²) in [6, 6.07) is 0. The van der Waals surface area contributed by atoms with Crippen LogP contribution in [0.1, 0.15) is 39.5 Å². The molecule has 1 saturated heterocycles. The van der Waals surface area contributed by atoms with Crippen LogP contribution in [0.3, 0.4) is 0 Å². The smallest absolute Gasteiger partial charge is 0.159 e. The van der Waals surface area contributed by atoms with Crippen molar-refractivity contribution in [3.8, 4) is 0 Å². The molecule has 6 unspecified atom stereocenters. The molecule has 2 aliphatic carbocycles. The monoisotopic (exact) mass is 286 g/mol. The molecule has 0 saturated carbocycles. The number of carbonyl (C=O) groups is 2. The minimum atomic E-state index is -0.123. The van der Waals surface area contributed by atoms with Crippen molar-refractivity contribution in [3.05, 3.63) is 23.3 Å². The van der Waals surface area contributed by atoms with Gasteiger partial charge in [-0.05, 0) is 48.0 Å². The van der Waals surface area contributed by atoms with Gasteiger partial charge in [0.05, 0.1) is 12.2 Å². The van der Waals surface area contributed by atoms with Gasteiger partial charge in [0.1, 0.15) is 0 Å². The lowest BCUT2D eigenvalue weighted by atomic mass is 9.63. The minimum absolute atomic E-state index is 0.123. The number of rotatable bonds is 2. The van der Waals surface area contributed by atoms with Crippen LogP contribution in [0.25, 0.3) is 0 Å². The van der Waals surface area contributed by atoms with Gasteiger partial charge < -0.3 is 4.74 Å². The van der Waals surface area contributed by atoms with Crippen molar-refractivity contribution in [2.75, 3.05) is 0 Å². The van der Waals surface area contributed by atoms with Crippen molar-refractivity contribution in [2.24, 2.45) is 23.7 Å². The van der Waals surface area contributed by atoms with Crippen LogP contribution in [0.4, 0.5) is 0 Å². The zero-order chi connectivity index (χ0) is 14.7. The Morgan fingerprint density at radius 2 is 1.33 bits per heavy atom. The van der Waals surface area contributed by atoms with Gasteiger partial charge in [-0.2, -0.15) is 0 Å². The van der Waals surface area contributed by atoms with Crippen molar-refractivity contribution in [3.63, 3.8) is 0 Å². The highest BCUT2D eigenvalue weighted by atomic mass is 16.5. The van der Waals surface area contributed by atoms with Crippen molar-refractivity contribution < 1.29 is 14.3 Å². The van der Waals surface area contributed by atoms with Gasteiger partial charge in [0.25, 0.3) is 0 Å². The number of allylic oxidation sites excluding steroid dienone is 2. The van der Waals surface area contributed by atoms with Crippen LogP contribution in [0.15, 0.2) is 23.3 Å². The molecule has 2 heterocycles. The maximum atomic E-state index is 12.1. The Morgan fingerprint density at radius 1 is 0.905 bits per heavy atom. The summed E-state index contributed by atoms with van der Waals surface area (Å²) in [7, 11) is 0. The van der Waals surface area contributed by atoms with Crippen molar-refractivity contribution in [2.45, 2.75) is 51.7 Å². The van der Waals surface area contributed by atoms with Gasteiger partial charge in [-0.3, -0.25) is 9.59 Å². The molecule has 0 aromatic heterocycles. The second-order valence-electron chi connectivity index (χ2n) is 6.93. The first kappa shape index (κ1) is 13.4. The highest BCUT2D eigenvalue weighted by molar-refractivity contribution is 6.07. The molecule has 0 amide bonds. The Morgan fingerprint density at radius 3 is 1.71 bits per heavy atom. The van der Waals surface area contributed by atoms with E-state index >= 15 is 0 Å². The second kappa shape index (κ2) is 4.64. The fourth-order valence-corrected chi connectivity index (χ4v) is 5.15. The summed E-state index contributed by atoms with van der Waals surface area (Å²) in [5.41, 5.74) is 2.74. The third kappa shape index (κ3) is 1.70. The molecule has 21 heavy (non-hydrogen) atoms. The van der Waals surface area contributed by atoms with Gasteiger partial charge in [-0.15, -0.1) is 0 Å². The van der Waals surface area contributed by atoms with E-state index in [1.54, 1.807) is 0 Å². The molecule has 3 heteroatoms. The molecule has 0 spiro atoms. The lowest BCUT2D eigenvalue weighted by Gasteiger charge is -2.38. The summed E-state index contributed by atoms with van der Waals surface area (Å²) in [5, 5.41) is 0. The molecule has 3 nitrogen and oxygen atoms in total. The van der Waals surface area contributed by atoms with Gasteiger partial charge in [0.2, 0.25) is 0 Å². The average molecular weight is 286 g/mol. The van der Waals surface area contributed by atoms with Gasteiger partial charge in [0, 0.05) is 11.8 Å². The van der Waals surface area contributed by atoms with Gasteiger partial charge in [0.15, 0.2) is 11.6 Å². The van der Waals surface area contributed by atoms with Gasteiger partial charge >= 0.3 is 0 Å². The molecule has 2 aliphatic heterocycles. The van der Waals surface area contributed by atoms with E-state index < -0.39 is 0 Å². The Kier molecular flexibility index (Phi) is 2.97. The SMILES string of the molecule is CCC1C2OC(C3=C2CC2C(=O)C=CC(=O)C2C3)C1CC. The Balaban J connectivity index is 1.70. The number of carbonyl (C=O) groups excluding carboxylic acids is 2. The Bertz CT molecular complexity index is 523. The average Bonchev–Trinajstić information content (AvgIpc) is 3.05. The Labute approximate surface area is 125 Å². The highest BCUT2D eigenvalue weighted by Crippen LogP contribution is 2.55. The first-order chi connectivity index (χ1) is 10.2. The molecule has 2 bridgehead atoms. The third-order valence-corrected chi connectivity index (χ3v) is 6.17. The first-order valence-electron chi connectivity index (χ1n) is 8.28. The fraction of sp³-hybridized carbons (Fsp3) is 0.667. The Hall–Kier alpha value is -1.22. The third-order valence-electron chi connectivity index (χ3n) is 6.17. The van der Waals surface area contributed by atoms with E-state index in [2.05, 4.69) is 13.8 Å². The van der Waals surface area contributed by atoms with E-state index in [0.29, 0.717) is 11.8 Å². The van der Waals surface area contributed by atoms with Crippen LogP contribution >= 0.6 is 0 Å². The molecule has 1 fully saturated rings. The molecular formula is C18H22O3. The largest absolute Gasteiger partial charge is 0.366 e. The van der Waals surface area contributed by atoms with Crippen molar-refractivity contribution in [1.29, 1.82) is 0 Å². The predicted molar refractivity (Wildman–Crippen MR) is 78.6 cm³/mol. The summed E-state index contributed by atoms with van der Waals surface area (Å²) in [4.78, 5) is 24.3. The second-order valence-corrected chi connectivity index (χ2v) is 6.93. The molecule has 0 aromatic rings. The predicted octanol–water partition coefficient (Wildman–Crippen LogP) is 2.85. The van der Waals surface area contributed by atoms with E-state index in [0.717, 1.165) is 25.7 Å². The molecular weight excluding hydrogens is 264 g/mol. The molecule has 0 aromatic carbocycles. The fourth-order valence-electron chi connectivity index (χ4n) is 5.15. The highest BCUT2D eigenvalue weighted by Gasteiger charge is 2.55. The quantitative estimate of drug-likeness (QED) is 0.733. The molecule has 0 radical (unpaired) electrons. The van der Waals surface area contributed by atoms with Crippen LogP contribution in [0.5, 0.6) is 0 Å². The number of hydrogen-bond donors (Lipinski definition) is 0. The molecule has 6 atom stereocenters. The number of ketones is 2. The summed E-state index contributed by atoms with van der Waals surface area (Å²) < 4.78 is 6.29. The standard InChI is InChI=1S/C18H22O3/c1-3-9-10(4-2)18-14-8-12-11(7-13(14)17(9)21-18)15(19)5-6-16(12)20/h5-6,9-12,17-18H,3-4,7-8H2,1-2H3. The summed E-state index contributed by atoms with van der Waals surface area (Å²) in [6.07, 6.45) is 7.18. The van der Waals surface area contributed by atoms with E-state index in [1.165, 1.54) is 23.3 Å². The molecule has 4 rings (SSSR count). The lowest BCUT2D eigenvalue weighted by molar-refractivity contribution is -0.129.